The van der Waals surface area contributed by atoms with Gasteiger partial charge in [-0.2, -0.15) is 0 Å². The molecule has 0 amide bonds. The largest absolute Gasteiger partial charge is 0.493 e. The lowest BCUT2D eigenvalue weighted by Gasteiger charge is -2.15. The molecule has 1 aliphatic carbocycles. The summed E-state index contributed by atoms with van der Waals surface area (Å²) in [5.74, 6) is 0.652. The fraction of sp³-hybridized carbons (Fsp3) is 0.320. The molecule has 6 nitrogen and oxygen atoms in total. The van der Waals surface area contributed by atoms with E-state index in [2.05, 4.69) is 24.1 Å². The number of ether oxygens (including phenoxy) is 3. The van der Waals surface area contributed by atoms with Gasteiger partial charge < -0.3 is 14.2 Å². The van der Waals surface area contributed by atoms with Crippen molar-refractivity contribution in [1.82, 2.24) is 4.98 Å². The predicted octanol–water partition coefficient (Wildman–Crippen LogP) is 4.44. The van der Waals surface area contributed by atoms with Crippen LogP contribution in [-0.2, 0) is 16.0 Å². The van der Waals surface area contributed by atoms with Gasteiger partial charge in [0.15, 0.2) is 11.5 Å². The summed E-state index contributed by atoms with van der Waals surface area (Å²) in [6, 6.07) is 7.19. The van der Waals surface area contributed by atoms with Gasteiger partial charge in [0.05, 0.1) is 26.9 Å². The van der Waals surface area contributed by atoms with Crippen LogP contribution in [0, 0.1) is 5.92 Å². The number of benzene rings is 1. The summed E-state index contributed by atoms with van der Waals surface area (Å²) in [4.78, 5) is 29.2. The highest BCUT2D eigenvalue weighted by atomic mass is 16.5. The highest BCUT2D eigenvalue weighted by Gasteiger charge is 2.22. The standard InChI is InChI=1S/C25H27NO5/c1-16-17(8-10-21(16)18-6-5-11-26-15-18)7-9-20(27)12-19-13-23(29-2)24(30-3)14-22(19)25(28)31-4/h5-6,8,10-11,13-16H,7,9,12H2,1-4H3. The second kappa shape index (κ2) is 10.1. The SMILES string of the molecule is COC(=O)c1cc(OC)c(OC)cc1CC(=O)CCC1=CC=C(c2cccnc2)C1C. The maximum Gasteiger partial charge on any atom is 0.338 e. The smallest absolute Gasteiger partial charge is 0.338 e. The Balaban J connectivity index is 1.67. The number of methoxy groups -OCH3 is 3. The van der Waals surface area contributed by atoms with Crippen LogP contribution in [0.1, 0.15) is 41.3 Å². The lowest BCUT2D eigenvalue weighted by atomic mass is 9.90. The summed E-state index contributed by atoms with van der Waals surface area (Å²) in [6.45, 7) is 2.14. The average Bonchev–Trinajstić information content (AvgIpc) is 3.17. The first-order valence-electron chi connectivity index (χ1n) is 10.1. The van der Waals surface area contributed by atoms with E-state index in [-0.39, 0.29) is 18.1 Å². The van der Waals surface area contributed by atoms with Crippen molar-refractivity contribution in [2.75, 3.05) is 21.3 Å². The molecule has 6 heteroatoms. The van der Waals surface area contributed by atoms with E-state index < -0.39 is 5.97 Å². The van der Waals surface area contributed by atoms with Gasteiger partial charge >= 0.3 is 5.97 Å². The van der Waals surface area contributed by atoms with E-state index in [0.29, 0.717) is 35.5 Å². The van der Waals surface area contributed by atoms with E-state index >= 15 is 0 Å². The molecule has 3 rings (SSSR count). The number of hydrogen-bond donors (Lipinski definition) is 0. The minimum absolute atomic E-state index is 0.0419. The number of nitrogens with zero attached hydrogens (tertiary/aromatic N) is 1. The minimum Gasteiger partial charge on any atom is -0.493 e. The number of carbonyl (C=O) groups excluding carboxylic acids is 2. The van der Waals surface area contributed by atoms with Gasteiger partial charge in [-0.15, -0.1) is 0 Å². The fourth-order valence-corrected chi connectivity index (χ4v) is 3.82. The Kier molecular flexibility index (Phi) is 7.23. The predicted molar refractivity (Wildman–Crippen MR) is 118 cm³/mol. The second-order valence-electron chi connectivity index (χ2n) is 7.40. The molecule has 1 aromatic heterocycles. The Labute approximate surface area is 182 Å². The van der Waals surface area contributed by atoms with Crippen LogP contribution in [0.25, 0.3) is 5.57 Å². The molecule has 0 aliphatic heterocycles. The van der Waals surface area contributed by atoms with Gasteiger partial charge in [-0.25, -0.2) is 4.79 Å². The Hall–Kier alpha value is -3.41. The van der Waals surface area contributed by atoms with Gasteiger partial charge in [-0.3, -0.25) is 9.78 Å². The summed E-state index contributed by atoms with van der Waals surface area (Å²) in [6.07, 6.45) is 8.99. The lowest BCUT2D eigenvalue weighted by molar-refractivity contribution is -0.118. The summed E-state index contributed by atoms with van der Waals surface area (Å²) in [5.41, 5.74) is 4.40. The van der Waals surface area contributed by atoms with E-state index in [9.17, 15) is 9.59 Å². The third-order valence-electron chi connectivity index (χ3n) is 5.59. The zero-order valence-electron chi connectivity index (χ0n) is 18.3. The first-order valence-corrected chi connectivity index (χ1v) is 10.1. The van der Waals surface area contributed by atoms with Gasteiger partial charge in [-0.05, 0) is 41.3 Å². The topological polar surface area (TPSA) is 74.7 Å². The molecule has 31 heavy (non-hydrogen) atoms. The summed E-state index contributed by atoms with van der Waals surface area (Å²) in [7, 11) is 4.32. The Bertz CT molecular complexity index is 1020. The van der Waals surface area contributed by atoms with E-state index in [1.807, 2.05) is 18.3 Å². The number of hydrogen-bond acceptors (Lipinski definition) is 6. The number of Topliss-reactive ketones (excluding diaryl/α,β-unsaturated/α-hetero) is 1. The van der Waals surface area contributed by atoms with Gasteiger partial charge in [0, 0.05) is 31.2 Å². The van der Waals surface area contributed by atoms with Crippen LogP contribution >= 0.6 is 0 Å². The molecule has 0 radical (unpaired) electrons. The molecule has 0 N–H and O–H groups in total. The number of allylic oxidation sites excluding steroid dienone is 4. The molecule has 1 atom stereocenters. The summed E-state index contributed by atoms with van der Waals surface area (Å²) < 4.78 is 15.5. The van der Waals surface area contributed by atoms with Crippen LogP contribution in [-0.4, -0.2) is 38.1 Å². The van der Waals surface area contributed by atoms with Crippen molar-refractivity contribution in [2.45, 2.75) is 26.2 Å². The van der Waals surface area contributed by atoms with E-state index in [4.69, 9.17) is 14.2 Å². The van der Waals surface area contributed by atoms with Crippen LogP contribution in [0.2, 0.25) is 0 Å². The molecule has 0 spiro atoms. The quantitative estimate of drug-likeness (QED) is 0.558. The molecular formula is C25H27NO5. The van der Waals surface area contributed by atoms with Crippen LogP contribution in [0.4, 0.5) is 0 Å². The number of rotatable bonds is 9. The van der Waals surface area contributed by atoms with Gasteiger partial charge in [0.25, 0.3) is 0 Å². The van der Waals surface area contributed by atoms with Crippen molar-refractivity contribution in [3.63, 3.8) is 0 Å². The molecule has 2 aromatic rings. The molecule has 0 bridgehead atoms. The number of pyridine rings is 1. The van der Waals surface area contributed by atoms with Gasteiger partial charge in [0.1, 0.15) is 5.78 Å². The van der Waals surface area contributed by atoms with Crippen molar-refractivity contribution >= 4 is 17.3 Å². The molecular weight excluding hydrogens is 394 g/mol. The van der Waals surface area contributed by atoms with Crippen molar-refractivity contribution in [1.29, 1.82) is 0 Å². The average molecular weight is 421 g/mol. The Morgan fingerprint density at radius 1 is 1.06 bits per heavy atom. The molecule has 0 saturated carbocycles. The molecule has 1 unspecified atom stereocenters. The van der Waals surface area contributed by atoms with Crippen LogP contribution in [0.5, 0.6) is 11.5 Å². The lowest BCUT2D eigenvalue weighted by Crippen LogP contribution is -2.12. The highest BCUT2D eigenvalue weighted by Crippen LogP contribution is 2.36. The number of ketones is 1. The molecule has 0 fully saturated rings. The molecule has 162 valence electrons. The van der Waals surface area contributed by atoms with Gasteiger partial charge in [0.2, 0.25) is 0 Å². The molecule has 1 aromatic carbocycles. The Morgan fingerprint density at radius 2 is 1.81 bits per heavy atom. The molecule has 1 aliphatic rings. The number of carbonyl (C=O) groups is 2. The van der Waals surface area contributed by atoms with Crippen molar-refractivity contribution in [3.05, 3.63) is 71.1 Å². The Morgan fingerprint density at radius 3 is 2.45 bits per heavy atom. The number of esters is 1. The van der Waals surface area contributed by atoms with Crippen molar-refractivity contribution in [2.24, 2.45) is 5.92 Å². The summed E-state index contributed by atoms with van der Waals surface area (Å²) in [5, 5.41) is 0. The maximum absolute atomic E-state index is 12.8. The maximum atomic E-state index is 12.8. The van der Waals surface area contributed by atoms with E-state index in [1.54, 1.807) is 18.3 Å². The van der Waals surface area contributed by atoms with Crippen molar-refractivity contribution in [3.8, 4) is 11.5 Å². The van der Waals surface area contributed by atoms with Gasteiger partial charge in [-0.1, -0.05) is 30.7 Å². The number of aromatic nitrogens is 1. The second-order valence-corrected chi connectivity index (χ2v) is 7.40. The van der Waals surface area contributed by atoms with Crippen LogP contribution < -0.4 is 9.47 Å². The van der Waals surface area contributed by atoms with Crippen LogP contribution in [0.15, 0.2) is 54.4 Å². The highest BCUT2D eigenvalue weighted by molar-refractivity contribution is 5.94. The third-order valence-corrected chi connectivity index (χ3v) is 5.59. The van der Waals surface area contributed by atoms with Crippen LogP contribution in [0.3, 0.4) is 0 Å². The van der Waals surface area contributed by atoms with Crippen molar-refractivity contribution < 1.29 is 23.8 Å². The first-order chi connectivity index (χ1) is 15.0. The summed E-state index contributed by atoms with van der Waals surface area (Å²) >= 11 is 0. The minimum atomic E-state index is -0.513. The normalized spacial score (nSPS) is 15.2. The third kappa shape index (κ3) is 5.02. The monoisotopic (exact) mass is 421 g/mol. The fourth-order valence-electron chi connectivity index (χ4n) is 3.82. The molecule has 0 saturated heterocycles. The molecule has 1 heterocycles. The zero-order chi connectivity index (χ0) is 22.4. The van der Waals surface area contributed by atoms with E-state index in [0.717, 1.165) is 5.56 Å². The first kappa shape index (κ1) is 22.3. The van der Waals surface area contributed by atoms with E-state index in [1.165, 1.54) is 32.5 Å². The zero-order valence-corrected chi connectivity index (χ0v) is 18.3.